The Hall–Kier alpha value is 0.440. The quantitative estimate of drug-likeness (QED) is 0.233. The molecule has 4 rings (SSSR count). The molecule has 4 aromatic carbocycles. The molecule has 0 aliphatic rings. The Kier molecular flexibility index (Phi) is 16.0. The van der Waals surface area contributed by atoms with Gasteiger partial charge in [0.05, 0.1) is 0 Å². The smallest absolute Gasteiger partial charge is 1.00 e. The van der Waals surface area contributed by atoms with Gasteiger partial charge in [-0.15, -0.1) is 70.1 Å². The summed E-state index contributed by atoms with van der Waals surface area (Å²) in [5.74, 6) is 0. The molecule has 0 fully saturated rings. The second-order valence-corrected chi connectivity index (χ2v) is 21.3. The fourth-order valence-electron chi connectivity index (χ4n) is 3.88. The average Bonchev–Trinajstić information content (AvgIpc) is 3.18. The van der Waals surface area contributed by atoms with E-state index in [1.807, 2.05) is 0 Å². The van der Waals surface area contributed by atoms with E-state index in [2.05, 4.69) is 112 Å². The Morgan fingerprint density at radius 2 is 0.875 bits per heavy atom. The van der Waals surface area contributed by atoms with Crippen LogP contribution in [0.5, 0.6) is 0 Å². The van der Waals surface area contributed by atoms with E-state index in [0.29, 0.717) is 0 Å². The molecule has 0 saturated heterocycles. The van der Waals surface area contributed by atoms with Gasteiger partial charge in [0.2, 0.25) is 0 Å². The predicted octanol–water partition coefficient (Wildman–Crippen LogP) is 1.96. The second kappa shape index (κ2) is 14.8. The topological polar surface area (TPSA) is 0 Å². The summed E-state index contributed by atoms with van der Waals surface area (Å²) in [6.07, 6.45) is 0. The van der Waals surface area contributed by atoms with Crippen molar-refractivity contribution in [3.05, 3.63) is 83.9 Å². The van der Waals surface area contributed by atoms with E-state index in [-0.39, 0.29) is 77.2 Å². The van der Waals surface area contributed by atoms with Crippen molar-refractivity contribution in [3.8, 4) is 0 Å². The molecule has 0 aromatic heterocycles. The van der Waals surface area contributed by atoms with Crippen molar-refractivity contribution < 1.29 is 77.2 Å². The minimum absolute atomic E-state index is 0. The van der Waals surface area contributed by atoms with Crippen LogP contribution in [0.4, 0.5) is 0 Å². The van der Waals surface area contributed by atoms with Crippen LogP contribution >= 0.6 is 0 Å². The van der Waals surface area contributed by atoms with Crippen LogP contribution in [0, 0.1) is 0 Å². The van der Waals surface area contributed by atoms with E-state index in [1.54, 1.807) is 11.1 Å². The summed E-state index contributed by atoms with van der Waals surface area (Å²) in [5.41, 5.74) is 3.08. The Balaban J connectivity index is 0. The van der Waals surface area contributed by atoms with Crippen molar-refractivity contribution in [2.45, 2.75) is 51.4 Å². The molecule has 0 saturated carbocycles. The van der Waals surface area contributed by atoms with E-state index in [9.17, 15) is 0 Å². The first-order chi connectivity index (χ1) is 13.1. The number of hydrogen-bond acceptors (Lipinski definition) is 0. The summed E-state index contributed by atoms with van der Waals surface area (Å²) < 4.78 is 0. The fourth-order valence-corrected chi connectivity index (χ4v) is 6.78. The van der Waals surface area contributed by atoms with E-state index in [0.717, 1.165) is 0 Å². The average molecular weight is 656 g/mol. The first-order valence-electron chi connectivity index (χ1n) is 10.4. The van der Waals surface area contributed by atoms with Gasteiger partial charge in [0.25, 0.3) is 0 Å². The molecule has 0 aliphatic carbocycles. The number of rotatable bonds is 4. The number of hydrogen-bond donors (Lipinski definition) is 0. The molecule has 0 N–H and O–H groups in total. The molecular formula is C26H34Cl2Si2Zr2. The second-order valence-electron chi connectivity index (χ2n) is 10.4. The maximum Gasteiger partial charge on any atom is 2.00 e. The Morgan fingerprint density at radius 3 is 1.19 bits per heavy atom. The molecule has 0 heterocycles. The van der Waals surface area contributed by atoms with Crippen molar-refractivity contribution in [2.75, 3.05) is 0 Å². The molecule has 0 spiro atoms. The Morgan fingerprint density at radius 1 is 0.562 bits per heavy atom. The van der Waals surface area contributed by atoms with Crippen LogP contribution in [0.15, 0.2) is 72.8 Å². The van der Waals surface area contributed by atoms with Gasteiger partial charge in [0.15, 0.2) is 0 Å². The Bertz CT molecular complexity index is 971. The molecule has 4 aromatic rings. The summed E-state index contributed by atoms with van der Waals surface area (Å²) in [5, 5.41) is 5.69. The zero-order valence-corrected chi connectivity index (χ0v) is 28.5. The van der Waals surface area contributed by atoms with Gasteiger partial charge in [-0.3, -0.25) is 0 Å². The number of benzene rings is 2. The first kappa shape index (κ1) is 34.6. The van der Waals surface area contributed by atoms with E-state index < -0.39 is 16.1 Å². The van der Waals surface area contributed by atoms with Crippen molar-refractivity contribution in [3.63, 3.8) is 0 Å². The van der Waals surface area contributed by atoms with Crippen molar-refractivity contribution in [2.24, 2.45) is 0 Å². The van der Waals surface area contributed by atoms with Gasteiger partial charge in [0, 0.05) is 16.1 Å². The minimum atomic E-state index is -0.979. The summed E-state index contributed by atoms with van der Waals surface area (Å²) in [6, 6.07) is 29.0. The standard InChI is InChI=1S/2C13H17Si.2ClH.2Zr/c2*1-14(2,3)10-12-9-8-11-6-4-5-7-13(11)12;;;;/h2*4-9H,10H2,1-3H3;2*1H;;/q2*-1;;;2*+2/p-2. The normalized spacial score (nSPS) is 10.7. The van der Waals surface area contributed by atoms with Gasteiger partial charge in [-0.1, -0.05) is 63.5 Å². The van der Waals surface area contributed by atoms with Gasteiger partial charge in [-0.2, -0.15) is 23.3 Å². The van der Waals surface area contributed by atoms with Gasteiger partial charge in [-0.25, -0.2) is 0 Å². The third-order valence-electron chi connectivity index (χ3n) is 4.98. The number of fused-ring (bicyclic) bond motifs is 2. The molecule has 0 nitrogen and oxygen atoms in total. The number of halogens is 2. The van der Waals surface area contributed by atoms with Crippen LogP contribution in [0.25, 0.3) is 21.5 Å². The van der Waals surface area contributed by atoms with Crippen molar-refractivity contribution in [1.82, 2.24) is 0 Å². The van der Waals surface area contributed by atoms with Crippen LogP contribution in [-0.2, 0) is 64.5 Å². The van der Waals surface area contributed by atoms with Crippen LogP contribution in [0.1, 0.15) is 11.1 Å². The van der Waals surface area contributed by atoms with E-state index in [4.69, 9.17) is 0 Å². The van der Waals surface area contributed by atoms with Gasteiger partial charge < -0.3 is 24.8 Å². The van der Waals surface area contributed by atoms with Crippen LogP contribution < -0.4 is 24.8 Å². The molecule has 0 atom stereocenters. The monoisotopic (exact) mass is 652 g/mol. The molecule has 168 valence electrons. The summed E-state index contributed by atoms with van der Waals surface area (Å²) in [6.45, 7) is 14.6. The maximum absolute atomic E-state index is 2.43. The zero-order valence-electron chi connectivity index (χ0n) is 20.1. The molecule has 0 bridgehead atoms. The molecule has 0 radical (unpaired) electrons. The first-order valence-corrected chi connectivity index (χ1v) is 17.8. The van der Waals surface area contributed by atoms with Gasteiger partial charge in [-0.05, 0) is 0 Å². The van der Waals surface area contributed by atoms with E-state index in [1.165, 1.54) is 33.6 Å². The van der Waals surface area contributed by atoms with Crippen LogP contribution in [0.2, 0.25) is 39.3 Å². The van der Waals surface area contributed by atoms with Crippen LogP contribution in [0.3, 0.4) is 0 Å². The van der Waals surface area contributed by atoms with Gasteiger partial charge >= 0.3 is 52.4 Å². The zero-order chi connectivity index (χ0) is 20.4. The molecule has 0 aliphatic heterocycles. The third kappa shape index (κ3) is 10.4. The van der Waals surface area contributed by atoms with Crippen molar-refractivity contribution >= 4 is 37.7 Å². The summed E-state index contributed by atoms with van der Waals surface area (Å²) in [7, 11) is -1.96. The fraction of sp³-hybridized carbons (Fsp3) is 0.308. The maximum atomic E-state index is 2.43. The van der Waals surface area contributed by atoms with Crippen molar-refractivity contribution in [1.29, 1.82) is 0 Å². The largest absolute Gasteiger partial charge is 2.00 e. The summed E-state index contributed by atoms with van der Waals surface area (Å²) in [4.78, 5) is 0. The molecule has 32 heavy (non-hydrogen) atoms. The molecular weight excluding hydrogens is 622 g/mol. The minimum Gasteiger partial charge on any atom is -1.00 e. The Labute approximate surface area is 247 Å². The summed E-state index contributed by atoms with van der Waals surface area (Å²) >= 11 is 0. The molecule has 0 unspecified atom stereocenters. The van der Waals surface area contributed by atoms with Gasteiger partial charge in [0.1, 0.15) is 0 Å². The predicted molar refractivity (Wildman–Crippen MR) is 133 cm³/mol. The van der Waals surface area contributed by atoms with Crippen LogP contribution in [-0.4, -0.2) is 16.1 Å². The molecule has 6 heteroatoms. The third-order valence-corrected chi connectivity index (χ3v) is 7.87. The van der Waals surface area contributed by atoms with E-state index >= 15 is 0 Å². The molecule has 0 amide bonds. The SMILES string of the molecule is C[Si](C)(C)Cc1c[cH-]c2ccccc12.C[Si](C)(C)Cc1c[cH-]c2ccccc12.[Cl-].[Cl-].[Zr+2].[Zr+2].